The topological polar surface area (TPSA) is 34.1 Å². The standard InChI is InChI=1S/C4H6O2S.2Na.2H/c1-3-7(5,6)4-2;;;;/h3-4H,1-2H2;;;;/q;2*+1;2*-1. The van der Waals surface area contributed by atoms with E-state index < -0.39 is 9.84 Å². The molecule has 0 saturated carbocycles. The predicted molar refractivity (Wildman–Crippen MR) is 31.5 cm³/mol. The second-order valence-corrected chi connectivity index (χ2v) is 2.77. The zero-order valence-electron chi connectivity index (χ0n) is 7.79. The Kier molecular flexibility index (Phi) is 14.1. The van der Waals surface area contributed by atoms with E-state index in [-0.39, 0.29) is 62.0 Å². The van der Waals surface area contributed by atoms with Crippen molar-refractivity contribution in [1.82, 2.24) is 0 Å². The van der Waals surface area contributed by atoms with Crippen LogP contribution in [0.2, 0.25) is 0 Å². The fourth-order valence-electron chi connectivity index (χ4n) is 0.0680. The van der Waals surface area contributed by atoms with Gasteiger partial charge in [-0.3, -0.25) is 0 Å². The molecule has 0 saturated heterocycles. The van der Waals surface area contributed by atoms with Gasteiger partial charge in [0.05, 0.1) is 0 Å². The molecule has 0 amide bonds. The van der Waals surface area contributed by atoms with E-state index >= 15 is 0 Å². The first-order valence-corrected chi connectivity index (χ1v) is 3.23. The molecule has 0 heterocycles. The molecule has 0 N–H and O–H groups in total. The van der Waals surface area contributed by atoms with Gasteiger partial charge in [0, 0.05) is 10.8 Å². The molecule has 0 aliphatic heterocycles. The number of hydrogen-bond acceptors (Lipinski definition) is 2. The molecular formula is C4H8Na2O2S. The van der Waals surface area contributed by atoms with Crippen molar-refractivity contribution in [3.63, 3.8) is 0 Å². The quantitative estimate of drug-likeness (QED) is 0.385. The normalized spacial score (nSPS) is 8.00. The molecule has 0 aliphatic carbocycles. The van der Waals surface area contributed by atoms with E-state index in [4.69, 9.17) is 0 Å². The van der Waals surface area contributed by atoms with Gasteiger partial charge in [0.1, 0.15) is 0 Å². The van der Waals surface area contributed by atoms with Crippen LogP contribution in [-0.2, 0) is 9.84 Å². The summed E-state index contributed by atoms with van der Waals surface area (Å²) in [4.78, 5) is 0. The van der Waals surface area contributed by atoms with Crippen molar-refractivity contribution in [3.05, 3.63) is 24.0 Å². The minimum absolute atomic E-state index is 0. The maximum atomic E-state index is 10.1. The van der Waals surface area contributed by atoms with Crippen LogP contribution in [0.15, 0.2) is 24.0 Å². The number of hydrogen-bond donors (Lipinski definition) is 0. The molecule has 0 bridgehead atoms. The van der Waals surface area contributed by atoms with Crippen LogP contribution >= 0.6 is 0 Å². The Morgan fingerprint density at radius 3 is 1.33 bits per heavy atom. The number of sulfone groups is 1. The summed E-state index contributed by atoms with van der Waals surface area (Å²) in [6.07, 6.45) is 0. The Labute approximate surface area is 103 Å². The van der Waals surface area contributed by atoms with Gasteiger partial charge in [-0.25, -0.2) is 8.42 Å². The third kappa shape index (κ3) is 9.43. The Bertz CT molecular complexity index is 165. The van der Waals surface area contributed by atoms with Crippen molar-refractivity contribution in [1.29, 1.82) is 0 Å². The van der Waals surface area contributed by atoms with E-state index in [1.165, 1.54) is 0 Å². The van der Waals surface area contributed by atoms with Crippen molar-refractivity contribution in [2.45, 2.75) is 0 Å². The van der Waals surface area contributed by atoms with Crippen LogP contribution in [0.1, 0.15) is 2.85 Å². The van der Waals surface area contributed by atoms with Crippen molar-refractivity contribution in [2.75, 3.05) is 0 Å². The van der Waals surface area contributed by atoms with Crippen LogP contribution in [0.5, 0.6) is 0 Å². The minimum Gasteiger partial charge on any atom is -1.00 e. The van der Waals surface area contributed by atoms with Crippen molar-refractivity contribution < 1.29 is 70.4 Å². The van der Waals surface area contributed by atoms with E-state index in [2.05, 4.69) is 13.2 Å². The van der Waals surface area contributed by atoms with Gasteiger partial charge in [-0.2, -0.15) is 0 Å². The molecule has 9 heavy (non-hydrogen) atoms. The first kappa shape index (κ1) is 16.8. The maximum Gasteiger partial charge on any atom is 1.00 e. The first-order valence-electron chi connectivity index (χ1n) is 1.62. The number of rotatable bonds is 2. The van der Waals surface area contributed by atoms with Gasteiger partial charge in [0.2, 0.25) is 0 Å². The molecule has 0 rings (SSSR count). The summed E-state index contributed by atoms with van der Waals surface area (Å²) in [6.45, 7) is 6.09. The van der Waals surface area contributed by atoms with Crippen LogP contribution in [0, 0.1) is 0 Å². The summed E-state index contributed by atoms with van der Waals surface area (Å²) in [5.74, 6) is 0. The monoisotopic (exact) mass is 166 g/mol. The fraction of sp³-hybridized carbons (Fsp3) is 0. The zero-order chi connectivity index (χ0) is 5.91. The molecule has 0 spiro atoms. The van der Waals surface area contributed by atoms with Gasteiger partial charge in [0.15, 0.2) is 9.84 Å². The summed E-state index contributed by atoms with van der Waals surface area (Å²) in [6, 6.07) is 0. The molecule has 0 unspecified atom stereocenters. The van der Waals surface area contributed by atoms with Gasteiger partial charge in [-0.15, -0.1) is 0 Å². The largest absolute Gasteiger partial charge is 1.00 e. The maximum absolute atomic E-state index is 10.1. The van der Waals surface area contributed by atoms with E-state index in [9.17, 15) is 8.42 Å². The summed E-state index contributed by atoms with van der Waals surface area (Å²) in [5.41, 5.74) is 0. The van der Waals surface area contributed by atoms with Crippen LogP contribution < -0.4 is 59.1 Å². The Balaban J connectivity index is -0.0000000300. The predicted octanol–water partition coefficient (Wildman–Crippen LogP) is -5.08. The van der Waals surface area contributed by atoms with Crippen LogP contribution in [0.25, 0.3) is 0 Å². The summed E-state index contributed by atoms with van der Waals surface area (Å²) >= 11 is 0. The second-order valence-electron chi connectivity index (χ2n) is 0.922. The van der Waals surface area contributed by atoms with Gasteiger partial charge in [-0.05, 0) is 0 Å². The Morgan fingerprint density at radius 2 is 1.33 bits per heavy atom. The van der Waals surface area contributed by atoms with Crippen LogP contribution in [0.4, 0.5) is 0 Å². The molecule has 0 aliphatic rings. The van der Waals surface area contributed by atoms with Gasteiger partial charge in [0.25, 0.3) is 0 Å². The summed E-state index contributed by atoms with van der Waals surface area (Å²) < 4.78 is 20.3. The molecule has 44 valence electrons. The Morgan fingerprint density at radius 1 is 1.11 bits per heavy atom. The van der Waals surface area contributed by atoms with E-state index in [0.717, 1.165) is 10.8 Å². The molecule has 0 aromatic rings. The molecule has 2 nitrogen and oxygen atoms in total. The van der Waals surface area contributed by atoms with Gasteiger partial charge in [-0.1, -0.05) is 13.2 Å². The minimum atomic E-state index is -3.13. The van der Waals surface area contributed by atoms with Gasteiger partial charge < -0.3 is 2.85 Å². The molecular weight excluding hydrogens is 158 g/mol. The summed E-state index contributed by atoms with van der Waals surface area (Å²) in [5, 5.41) is 1.69. The van der Waals surface area contributed by atoms with Crippen LogP contribution in [0.3, 0.4) is 0 Å². The molecule has 0 atom stereocenters. The second kappa shape index (κ2) is 7.54. The summed E-state index contributed by atoms with van der Waals surface area (Å²) in [7, 11) is -3.13. The molecule has 0 fully saturated rings. The average molecular weight is 166 g/mol. The van der Waals surface area contributed by atoms with E-state index in [1.807, 2.05) is 0 Å². The smallest absolute Gasteiger partial charge is 1.00 e. The third-order valence-corrected chi connectivity index (χ3v) is 1.39. The zero-order valence-corrected chi connectivity index (χ0v) is 10.6. The third-order valence-electron chi connectivity index (χ3n) is 0.465. The fourth-order valence-corrected chi connectivity index (χ4v) is 0.204. The molecule has 0 radical (unpaired) electrons. The van der Waals surface area contributed by atoms with Crippen molar-refractivity contribution >= 4 is 9.84 Å². The van der Waals surface area contributed by atoms with E-state index in [0.29, 0.717) is 0 Å². The van der Waals surface area contributed by atoms with Crippen molar-refractivity contribution in [2.24, 2.45) is 0 Å². The molecule has 0 aromatic carbocycles. The SMILES string of the molecule is C=CS(=O)(=O)C=C.[H-].[H-].[Na+].[Na+]. The first-order chi connectivity index (χ1) is 3.12. The average Bonchev–Trinajstić information content (AvgIpc) is 1.68. The van der Waals surface area contributed by atoms with Gasteiger partial charge >= 0.3 is 59.1 Å². The Hall–Kier alpha value is 1.43. The molecule has 5 heteroatoms. The van der Waals surface area contributed by atoms with E-state index in [1.54, 1.807) is 0 Å². The van der Waals surface area contributed by atoms with Crippen LogP contribution in [-0.4, -0.2) is 8.42 Å². The van der Waals surface area contributed by atoms with Crippen molar-refractivity contribution in [3.8, 4) is 0 Å². The molecule has 0 aromatic heterocycles.